The van der Waals surface area contributed by atoms with Crippen molar-refractivity contribution in [3.8, 4) is 5.75 Å². The molecule has 6 N–H and O–H groups in total. The van der Waals surface area contributed by atoms with Gasteiger partial charge < -0.3 is 31.5 Å². The van der Waals surface area contributed by atoms with Crippen LogP contribution in [0.4, 0.5) is 4.79 Å². The van der Waals surface area contributed by atoms with Gasteiger partial charge in [0.2, 0.25) is 11.8 Å². The number of halogens is 2. The second-order valence-electron chi connectivity index (χ2n) is 9.79. The number of nitrogens with two attached hydrogens (primary N) is 1. The Morgan fingerprint density at radius 1 is 0.810 bits per heavy atom. The minimum atomic E-state index is -0.908. The lowest BCUT2D eigenvalue weighted by Crippen LogP contribution is -2.52. The van der Waals surface area contributed by atoms with Crippen molar-refractivity contribution in [2.45, 2.75) is 50.8 Å². The molecule has 0 spiro atoms. The molecule has 11 heteroatoms. The summed E-state index contributed by atoms with van der Waals surface area (Å²) in [7, 11) is 0. The molecule has 0 saturated heterocycles. The van der Waals surface area contributed by atoms with E-state index in [9.17, 15) is 19.5 Å². The van der Waals surface area contributed by atoms with Crippen molar-refractivity contribution in [3.63, 3.8) is 0 Å². The van der Waals surface area contributed by atoms with Crippen molar-refractivity contribution in [2.75, 3.05) is 13.1 Å². The van der Waals surface area contributed by atoms with Crippen LogP contribution in [-0.2, 0) is 33.8 Å². The molecule has 0 fully saturated rings. The molecule has 0 radical (unpaired) electrons. The highest BCUT2D eigenvalue weighted by Crippen LogP contribution is 2.33. The number of aromatic hydroxyl groups is 1. The van der Waals surface area contributed by atoms with Crippen LogP contribution in [-0.4, -0.2) is 48.2 Å². The van der Waals surface area contributed by atoms with Crippen LogP contribution in [0.5, 0.6) is 5.75 Å². The number of rotatable bonds is 15. The minimum absolute atomic E-state index is 0.0583. The minimum Gasteiger partial charge on any atom is -0.506 e. The maximum absolute atomic E-state index is 13.1. The van der Waals surface area contributed by atoms with Gasteiger partial charge in [0, 0.05) is 13.1 Å². The molecule has 9 nitrogen and oxygen atoms in total. The number of nitrogens with one attached hydrogen (secondary N) is 3. The summed E-state index contributed by atoms with van der Waals surface area (Å²) in [6, 6.07) is 20.9. The number of carbonyl (C=O) groups excluding carboxylic acids is 3. The standard InChI is InChI=1S/C31H36Br2N4O5/c32-24-17-23(18-25(33)28(24)38)19-26(34)29(39)37-27(30(40)35-16-14-21-9-3-1-4-10-21)13-7-8-15-36-31(41)42-20-22-11-5-2-6-12-22/h1-6,9-12,17-18,26-27,38H,7-8,13-16,19-20,34H2,(H,35,40)(H,36,41)(H,37,39)/t26-,27+/m0/s1. The number of amides is 3. The van der Waals surface area contributed by atoms with E-state index in [0.29, 0.717) is 47.7 Å². The third-order valence-electron chi connectivity index (χ3n) is 6.46. The Balaban J connectivity index is 1.50. The van der Waals surface area contributed by atoms with Crippen LogP contribution in [0.3, 0.4) is 0 Å². The van der Waals surface area contributed by atoms with Crippen LogP contribution in [0.1, 0.15) is 36.0 Å². The van der Waals surface area contributed by atoms with Crippen molar-refractivity contribution in [2.24, 2.45) is 5.73 Å². The molecule has 0 unspecified atom stereocenters. The molecule has 3 aromatic carbocycles. The first-order valence-electron chi connectivity index (χ1n) is 13.7. The Bertz CT molecular complexity index is 1290. The first-order valence-corrected chi connectivity index (χ1v) is 15.3. The zero-order chi connectivity index (χ0) is 30.3. The summed E-state index contributed by atoms with van der Waals surface area (Å²) in [5, 5.41) is 18.4. The van der Waals surface area contributed by atoms with Gasteiger partial charge in [-0.05, 0) is 92.8 Å². The van der Waals surface area contributed by atoms with Gasteiger partial charge in [0.15, 0.2) is 0 Å². The van der Waals surface area contributed by atoms with Gasteiger partial charge in [0.1, 0.15) is 18.4 Å². The lowest BCUT2D eigenvalue weighted by Gasteiger charge is -2.21. The highest BCUT2D eigenvalue weighted by molar-refractivity contribution is 9.11. The molecule has 2 atom stereocenters. The number of unbranched alkanes of at least 4 members (excludes halogenated alkanes) is 1. The number of benzene rings is 3. The molecule has 0 bridgehead atoms. The van der Waals surface area contributed by atoms with E-state index < -0.39 is 24.1 Å². The van der Waals surface area contributed by atoms with E-state index in [1.54, 1.807) is 12.1 Å². The number of alkyl carbamates (subject to hydrolysis) is 1. The van der Waals surface area contributed by atoms with Crippen molar-refractivity contribution in [1.82, 2.24) is 16.0 Å². The Labute approximate surface area is 262 Å². The third-order valence-corrected chi connectivity index (χ3v) is 7.67. The fraction of sp³-hybridized carbons (Fsp3) is 0.323. The second kappa shape index (κ2) is 17.5. The van der Waals surface area contributed by atoms with Gasteiger partial charge in [0.25, 0.3) is 0 Å². The molecule has 42 heavy (non-hydrogen) atoms. The molecular weight excluding hydrogens is 668 g/mol. The second-order valence-corrected chi connectivity index (χ2v) is 11.5. The van der Waals surface area contributed by atoms with E-state index >= 15 is 0 Å². The van der Waals surface area contributed by atoms with Crippen molar-refractivity contribution < 1.29 is 24.2 Å². The summed E-state index contributed by atoms with van der Waals surface area (Å²) in [6.07, 6.45) is 1.88. The van der Waals surface area contributed by atoms with E-state index in [-0.39, 0.29) is 24.7 Å². The smallest absolute Gasteiger partial charge is 0.407 e. The molecule has 0 aromatic heterocycles. The highest BCUT2D eigenvalue weighted by Gasteiger charge is 2.24. The van der Waals surface area contributed by atoms with E-state index in [4.69, 9.17) is 10.5 Å². The molecule has 0 aliphatic heterocycles. The Morgan fingerprint density at radius 2 is 1.43 bits per heavy atom. The Kier molecular flexibility index (Phi) is 13.8. The van der Waals surface area contributed by atoms with E-state index in [0.717, 1.165) is 16.7 Å². The first kappa shape index (κ1) is 33.1. The van der Waals surface area contributed by atoms with Crippen LogP contribution in [0, 0.1) is 0 Å². The molecule has 0 aliphatic carbocycles. The molecule has 3 amide bonds. The summed E-state index contributed by atoms with van der Waals surface area (Å²) in [5.74, 6) is -0.694. The SMILES string of the molecule is N[C@@H](Cc1cc(Br)c(O)c(Br)c1)C(=O)N[C@H](CCCCNC(=O)OCc1ccccc1)C(=O)NCCc1ccccc1. The molecule has 3 rings (SSSR count). The van der Waals surface area contributed by atoms with Crippen LogP contribution < -0.4 is 21.7 Å². The van der Waals surface area contributed by atoms with Crippen molar-refractivity contribution in [1.29, 1.82) is 0 Å². The first-order chi connectivity index (χ1) is 20.2. The molecular formula is C31H36Br2N4O5. The average molecular weight is 704 g/mol. The van der Waals surface area contributed by atoms with Crippen LogP contribution in [0.2, 0.25) is 0 Å². The van der Waals surface area contributed by atoms with Gasteiger partial charge in [-0.1, -0.05) is 60.7 Å². The number of phenols is 1. The number of ether oxygens (including phenoxy) is 1. The maximum atomic E-state index is 13.1. The summed E-state index contributed by atoms with van der Waals surface area (Å²) in [5.41, 5.74) is 8.92. The summed E-state index contributed by atoms with van der Waals surface area (Å²) < 4.78 is 6.18. The van der Waals surface area contributed by atoms with Gasteiger partial charge in [-0.25, -0.2) is 4.79 Å². The van der Waals surface area contributed by atoms with Crippen LogP contribution in [0.15, 0.2) is 81.7 Å². The van der Waals surface area contributed by atoms with Gasteiger partial charge in [0.05, 0.1) is 15.0 Å². The molecule has 224 valence electrons. The molecule has 0 saturated carbocycles. The van der Waals surface area contributed by atoms with E-state index in [1.165, 1.54) is 0 Å². The number of hydrogen-bond acceptors (Lipinski definition) is 6. The summed E-state index contributed by atoms with van der Waals surface area (Å²) >= 11 is 6.57. The molecule has 0 heterocycles. The fourth-order valence-electron chi connectivity index (χ4n) is 4.17. The van der Waals surface area contributed by atoms with E-state index in [1.807, 2.05) is 60.7 Å². The molecule has 3 aromatic rings. The van der Waals surface area contributed by atoms with Gasteiger partial charge in [-0.2, -0.15) is 0 Å². The fourth-order valence-corrected chi connectivity index (χ4v) is 5.45. The molecule has 0 aliphatic rings. The maximum Gasteiger partial charge on any atom is 0.407 e. The third kappa shape index (κ3) is 11.5. The zero-order valence-electron chi connectivity index (χ0n) is 23.2. The largest absolute Gasteiger partial charge is 0.506 e. The lowest BCUT2D eigenvalue weighted by molar-refractivity contribution is -0.129. The predicted octanol–water partition coefficient (Wildman–Crippen LogP) is 4.73. The topological polar surface area (TPSA) is 143 Å². The predicted molar refractivity (Wildman–Crippen MR) is 169 cm³/mol. The summed E-state index contributed by atoms with van der Waals surface area (Å²) in [6.45, 7) is 0.974. The summed E-state index contributed by atoms with van der Waals surface area (Å²) in [4.78, 5) is 38.1. The normalized spacial score (nSPS) is 12.2. The van der Waals surface area contributed by atoms with Gasteiger partial charge >= 0.3 is 6.09 Å². The van der Waals surface area contributed by atoms with Gasteiger partial charge in [-0.15, -0.1) is 0 Å². The Morgan fingerprint density at radius 3 is 2.07 bits per heavy atom. The number of carbonyl (C=O) groups is 3. The number of phenolic OH excluding ortho intramolecular Hbond substituents is 1. The highest BCUT2D eigenvalue weighted by atomic mass is 79.9. The Hall–Kier alpha value is -3.41. The average Bonchev–Trinajstić information content (AvgIpc) is 2.98. The van der Waals surface area contributed by atoms with Gasteiger partial charge in [-0.3, -0.25) is 9.59 Å². The van der Waals surface area contributed by atoms with Crippen LogP contribution >= 0.6 is 31.9 Å². The quantitative estimate of drug-likeness (QED) is 0.145. The van der Waals surface area contributed by atoms with Crippen molar-refractivity contribution >= 4 is 49.8 Å². The lowest BCUT2D eigenvalue weighted by atomic mass is 10.0. The van der Waals surface area contributed by atoms with Crippen molar-refractivity contribution in [3.05, 3.63) is 98.4 Å². The number of hydrogen-bond donors (Lipinski definition) is 5. The monoisotopic (exact) mass is 702 g/mol. The zero-order valence-corrected chi connectivity index (χ0v) is 26.3. The van der Waals surface area contributed by atoms with Crippen LogP contribution in [0.25, 0.3) is 0 Å². The van der Waals surface area contributed by atoms with E-state index in [2.05, 4.69) is 47.8 Å².